The summed E-state index contributed by atoms with van der Waals surface area (Å²) in [5, 5.41) is 7.85. The number of para-hydroxylation sites is 1. The van der Waals surface area contributed by atoms with E-state index in [0.717, 1.165) is 16.9 Å². The van der Waals surface area contributed by atoms with Crippen LogP contribution in [0.3, 0.4) is 0 Å². The van der Waals surface area contributed by atoms with Crippen molar-refractivity contribution in [2.45, 2.75) is 20.0 Å². The van der Waals surface area contributed by atoms with Crippen LogP contribution >= 0.6 is 0 Å². The monoisotopic (exact) mass is 390 g/mol. The Labute approximate surface area is 168 Å². The van der Waals surface area contributed by atoms with Crippen molar-refractivity contribution in [3.05, 3.63) is 77.1 Å². The van der Waals surface area contributed by atoms with Crippen LogP contribution < -0.4 is 5.32 Å². The molecule has 1 atom stereocenters. The molecule has 2 heterocycles. The summed E-state index contributed by atoms with van der Waals surface area (Å²) in [5.74, 6) is -0.626. The van der Waals surface area contributed by atoms with Gasteiger partial charge in [-0.05, 0) is 37.6 Å². The van der Waals surface area contributed by atoms with Crippen LogP contribution in [0.1, 0.15) is 45.1 Å². The van der Waals surface area contributed by atoms with E-state index in [1.54, 1.807) is 29.7 Å². The molecule has 0 saturated carbocycles. The lowest BCUT2D eigenvalue weighted by Crippen LogP contribution is -2.41. The molecule has 1 aliphatic rings. The topological polar surface area (TPSA) is 76.5 Å². The average Bonchev–Trinajstić information content (AvgIpc) is 3.17. The van der Waals surface area contributed by atoms with Gasteiger partial charge >= 0.3 is 5.97 Å². The van der Waals surface area contributed by atoms with E-state index >= 15 is 0 Å². The maximum absolute atomic E-state index is 13.0. The number of carbonyl (C=O) groups is 2. The van der Waals surface area contributed by atoms with Gasteiger partial charge < -0.3 is 15.0 Å². The predicted molar refractivity (Wildman–Crippen MR) is 109 cm³/mol. The van der Waals surface area contributed by atoms with Gasteiger partial charge in [0.15, 0.2) is 5.69 Å². The van der Waals surface area contributed by atoms with Gasteiger partial charge in [-0.15, -0.1) is 0 Å². The van der Waals surface area contributed by atoms with Crippen LogP contribution in [0.25, 0.3) is 5.69 Å². The number of benzene rings is 2. The number of nitrogens with zero attached hydrogens (tertiary/aromatic N) is 3. The Morgan fingerprint density at radius 1 is 1.17 bits per heavy atom. The van der Waals surface area contributed by atoms with Crippen molar-refractivity contribution in [2.75, 3.05) is 19.0 Å². The predicted octanol–water partition coefficient (Wildman–Crippen LogP) is 3.55. The molecule has 0 spiro atoms. The number of amides is 1. The molecule has 4 rings (SSSR count). The van der Waals surface area contributed by atoms with Crippen LogP contribution in [0.2, 0.25) is 0 Å². The van der Waals surface area contributed by atoms with Gasteiger partial charge in [0.05, 0.1) is 17.9 Å². The van der Waals surface area contributed by atoms with Gasteiger partial charge in [0.25, 0.3) is 5.91 Å². The minimum Gasteiger partial charge on any atom is -0.461 e. The highest BCUT2D eigenvalue weighted by molar-refractivity contribution is 6.03. The molecular weight excluding hydrogens is 368 g/mol. The largest absolute Gasteiger partial charge is 0.461 e. The third-order valence-corrected chi connectivity index (χ3v) is 5.01. The Hall–Kier alpha value is -3.61. The summed E-state index contributed by atoms with van der Waals surface area (Å²) < 4.78 is 6.85. The average molecular weight is 390 g/mol. The minimum absolute atomic E-state index is 0.107. The molecule has 0 fully saturated rings. The summed E-state index contributed by atoms with van der Waals surface area (Å²) in [4.78, 5) is 27.2. The number of carbonyl (C=O) groups excluding carboxylic acids is 2. The lowest BCUT2D eigenvalue weighted by molar-refractivity contribution is 0.0512. The van der Waals surface area contributed by atoms with E-state index in [4.69, 9.17) is 4.74 Å². The quantitative estimate of drug-likeness (QED) is 0.690. The van der Waals surface area contributed by atoms with E-state index in [1.807, 2.05) is 55.5 Å². The number of nitrogens with one attached hydrogen (secondary N) is 1. The Balaban J connectivity index is 1.82. The first kappa shape index (κ1) is 18.7. The van der Waals surface area contributed by atoms with E-state index in [9.17, 15) is 9.59 Å². The number of fused-ring (bicyclic) bond motifs is 1. The van der Waals surface area contributed by atoms with Crippen molar-refractivity contribution in [1.29, 1.82) is 0 Å². The Morgan fingerprint density at radius 2 is 1.93 bits per heavy atom. The van der Waals surface area contributed by atoms with E-state index in [-0.39, 0.29) is 18.2 Å². The molecule has 3 aromatic rings. The molecule has 0 radical (unpaired) electrons. The summed E-state index contributed by atoms with van der Waals surface area (Å²) in [5.41, 5.74) is 3.85. The molecule has 2 aromatic carbocycles. The number of aryl methyl sites for hydroxylation is 1. The molecule has 7 heteroatoms. The zero-order valence-corrected chi connectivity index (χ0v) is 16.5. The summed E-state index contributed by atoms with van der Waals surface area (Å²) in [6, 6.07) is 15.2. The first-order valence-electron chi connectivity index (χ1n) is 9.46. The van der Waals surface area contributed by atoms with Crippen molar-refractivity contribution < 1.29 is 14.3 Å². The molecule has 0 saturated heterocycles. The molecule has 1 aromatic heterocycles. The number of hydrogen-bond donors (Lipinski definition) is 1. The van der Waals surface area contributed by atoms with Crippen LogP contribution in [0, 0.1) is 6.92 Å². The summed E-state index contributed by atoms with van der Waals surface area (Å²) in [6.45, 7) is 3.90. The maximum Gasteiger partial charge on any atom is 0.359 e. The summed E-state index contributed by atoms with van der Waals surface area (Å²) in [7, 11) is 1.71. The number of anilines is 1. The smallest absolute Gasteiger partial charge is 0.359 e. The normalized spacial score (nSPS) is 15.6. The van der Waals surface area contributed by atoms with Crippen LogP contribution in [0.4, 0.5) is 5.69 Å². The van der Waals surface area contributed by atoms with Crippen molar-refractivity contribution >= 4 is 17.6 Å². The molecule has 1 aliphatic heterocycles. The molecule has 0 bridgehead atoms. The fourth-order valence-electron chi connectivity index (χ4n) is 3.55. The van der Waals surface area contributed by atoms with Crippen LogP contribution in [-0.2, 0) is 4.74 Å². The standard InChI is InChI=1S/C22H22N4O3/c1-4-29-22(28)19-16(13-26(24-19)15-10-6-5-7-11-15)20-23-17-12-8-9-14(2)18(17)21(27)25(20)3/h5-13,20,23H,4H2,1-3H3. The van der Waals surface area contributed by atoms with Gasteiger partial charge in [-0.25, -0.2) is 9.48 Å². The van der Waals surface area contributed by atoms with E-state index in [0.29, 0.717) is 11.1 Å². The molecule has 29 heavy (non-hydrogen) atoms. The van der Waals surface area contributed by atoms with Crippen LogP contribution in [0.5, 0.6) is 0 Å². The molecule has 148 valence electrons. The highest BCUT2D eigenvalue weighted by atomic mass is 16.5. The third kappa shape index (κ3) is 3.24. The van der Waals surface area contributed by atoms with Gasteiger partial charge in [-0.1, -0.05) is 30.3 Å². The second-order valence-electron chi connectivity index (χ2n) is 6.89. The SMILES string of the molecule is CCOC(=O)c1nn(-c2ccccc2)cc1C1Nc2cccc(C)c2C(=O)N1C. The first-order valence-corrected chi connectivity index (χ1v) is 9.46. The second kappa shape index (κ2) is 7.43. The van der Waals surface area contributed by atoms with Crippen molar-refractivity contribution in [2.24, 2.45) is 0 Å². The second-order valence-corrected chi connectivity index (χ2v) is 6.89. The van der Waals surface area contributed by atoms with Gasteiger partial charge in [0.2, 0.25) is 0 Å². The summed E-state index contributed by atoms with van der Waals surface area (Å²) in [6.07, 6.45) is 1.22. The zero-order chi connectivity index (χ0) is 20.5. The Morgan fingerprint density at radius 3 is 2.66 bits per heavy atom. The highest BCUT2D eigenvalue weighted by Crippen LogP contribution is 2.35. The summed E-state index contributed by atoms with van der Waals surface area (Å²) >= 11 is 0. The molecule has 0 aliphatic carbocycles. The number of hydrogen-bond acceptors (Lipinski definition) is 5. The van der Waals surface area contributed by atoms with Crippen molar-refractivity contribution in [3.8, 4) is 5.69 Å². The number of esters is 1. The third-order valence-electron chi connectivity index (χ3n) is 5.01. The molecule has 1 amide bonds. The Kier molecular flexibility index (Phi) is 4.80. The fourth-order valence-corrected chi connectivity index (χ4v) is 3.55. The van der Waals surface area contributed by atoms with E-state index in [1.165, 1.54) is 0 Å². The van der Waals surface area contributed by atoms with Gasteiger partial charge in [0.1, 0.15) is 6.17 Å². The number of ether oxygens (including phenoxy) is 1. The van der Waals surface area contributed by atoms with Crippen molar-refractivity contribution in [1.82, 2.24) is 14.7 Å². The van der Waals surface area contributed by atoms with Gasteiger partial charge in [-0.3, -0.25) is 4.79 Å². The van der Waals surface area contributed by atoms with E-state index in [2.05, 4.69) is 10.4 Å². The number of aromatic nitrogens is 2. The lowest BCUT2D eigenvalue weighted by atomic mass is 10.0. The number of rotatable bonds is 4. The van der Waals surface area contributed by atoms with Crippen molar-refractivity contribution in [3.63, 3.8) is 0 Å². The minimum atomic E-state index is -0.548. The maximum atomic E-state index is 13.0. The van der Waals surface area contributed by atoms with E-state index < -0.39 is 12.1 Å². The first-order chi connectivity index (χ1) is 14.0. The van der Waals surface area contributed by atoms with Gasteiger partial charge in [0, 0.05) is 24.5 Å². The van der Waals surface area contributed by atoms with Gasteiger partial charge in [-0.2, -0.15) is 5.10 Å². The molecule has 1 unspecified atom stereocenters. The van der Waals surface area contributed by atoms with Crippen LogP contribution in [-0.4, -0.2) is 40.2 Å². The lowest BCUT2D eigenvalue weighted by Gasteiger charge is -2.35. The molecule has 7 nitrogen and oxygen atoms in total. The fraction of sp³-hybridized carbons (Fsp3) is 0.227. The van der Waals surface area contributed by atoms with Crippen LogP contribution in [0.15, 0.2) is 54.7 Å². The zero-order valence-electron chi connectivity index (χ0n) is 16.5. The molecule has 1 N–H and O–H groups in total. The Bertz CT molecular complexity index is 1070. The molecular formula is C22H22N4O3. The highest BCUT2D eigenvalue weighted by Gasteiger charge is 2.35.